The van der Waals surface area contributed by atoms with Crippen molar-refractivity contribution in [2.24, 2.45) is 0 Å². The first-order valence-electron chi connectivity index (χ1n) is 7.88. The summed E-state index contributed by atoms with van der Waals surface area (Å²) in [4.78, 5) is 24.7. The Morgan fingerprint density at radius 3 is 2.50 bits per heavy atom. The average molecular weight is 365 g/mol. The molecule has 0 bridgehead atoms. The molecule has 128 valence electrons. The molecule has 0 saturated heterocycles. The zero-order chi connectivity index (χ0) is 18.3. The summed E-state index contributed by atoms with van der Waals surface area (Å²) in [6.45, 7) is 0. The van der Waals surface area contributed by atoms with Crippen molar-refractivity contribution >= 4 is 35.1 Å². The van der Waals surface area contributed by atoms with Crippen LogP contribution in [0.5, 0.6) is 5.88 Å². The van der Waals surface area contributed by atoms with Crippen LogP contribution in [-0.2, 0) is 4.79 Å². The summed E-state index contributed by atoms with van der Waals surface area (Å²) in [6.07, 6.45) is 4.61. The molecule has 1 aromatic heterocycles. The van der Waals surface area contributed by atoms with Gasteiger partial charge in [-0.2, -0.15) is 0 Å². The Morgan fingerprint density at radius 2 is 1.73 bits per heavy atom. The minimum atomic E-state index is -0.496. The largest absolute Gasteiger partial charge is 0.493 e. The van der Waals surface area contributed by atoms with E-state index in [0.29, 0.717) is 16.3 Å². The summed E-state index contributed by atoms with van der Waals surface area (Å²) < 4.78 is 1.25. The van der Waals surface area contributed by atoms with Gasteiger partial charge in [0.05, 0.1) is 5.69 Å². The molecule has 3 aromatic rings. The molecule has 1 heterocycles. The highest BCUT2D eigenvalue weighted by molar-refractivity contribution is 6.33. The highest BCUT2D eigenvalue weighted by Crippen LogP contribution is 2.30. The van der Waals surface area contributed by atoms with Crippen molar-refractivity contribution in [2.45, 2.75) is 0 Å². The number of nitrogens with one attached hydrogen (secondary N) is 1. The Morgan fingerprint density at radius 1 is 1.00 bits per heavy atom. The van der Waals surface area contributed by atoms with Crippen LogP contribution in [0.15, 0.2) is 59.4 Å². The summed E-state index contributed by atoms with van der Waals surface area (Å²) in [5.41, 5.74) is 2.03. The number of hydrogen-bond donors (Lipinski definition) is 2. The number of halogens is 1. The molecule has 0 unspecified atom stereocenters. The summed E-state index contributed by atoms with van der Waals surface area (Å²) in [5.74, 6) is -0.494. The number of carbonyl (C=O) groups is 1. The molecule has 1 aliphatic carbocycles. The lowest BCUT2D eigenvalue weighted by Crippen LogP contribution is -2.08. The number of nitrogens with zero attached hydrogens (tertiary/aromatic N) is 1. The lowest BCUT2D eigenvalue weighted by Gasteiger charge is -2.12. The summed E-state index contributed by atoms with van der Waals surface area (Å²) >= 11 is 5.87. The summed E-state index contributed by atoms with van der Waals surface area (Å²) in [5, 5.41) is 13.6. The number of fused-ring (bicyclic) bond motifs is 1. The highest BCUT2D eigenvalue weighted by Gasteiger charge is 2.20. The van der Waals surface area contributed by atoms with Gasteiger partial charge in [-0.3, -0.25) is 14.7 Å². The van der Waals surface area contributed by atoms with E-state index in [9.17, 15) is 14.7 Å². The predicted molar refractivity (Wildman–Crippen MR) is 101 cm³/mol. The maximum absolute atomic E-state index is 12.4. The van der Waals surface area contributed by atoms with Gasteiger partial charge in [-0.15, -0.1) is 0 Å². The Bertz CT molecular complexity index is 1130. The van der Waals surface area contributed by atoms with E-state index in [1.54, 1.807) is 30.3 Å². The van der Waals surface area contributed by atoms with E-state index in [-0.39, 0.29) is 17.2 Å². The van der Waals surface area contributed by atoms with E-state index in [2.05, 4.69) is 5.10 Å². The third-order valence-electron chi connectivity index (χ3n) is 4.21. The molecule has 0 amide bonds. The average Bonchev–Trinajstić information content (AvgIpc) is 2.92. The number of aromatic amines is 1. The van der Waals surface area contributed by atoms with Crippen molar-refractivity contribution in [3.05, 3.63) is 86.7 Å². The second-order valence-electron chi connectivity index (χ2n) is 5.83. The van der Waals surface area contributed by atoms with Crippen molar-refractivity contribution < 1.29 is 9.90 Å². The Hall–Kier alpha value is -3.31. The molecule has 0 fully saturated rings. The fourth-order valence-electron chi connectivity index (χ4n) is 2.91. The number of hydrogen-bond acceptors (Lipinski definition) is 3. The minimum Gasteiger partial charge on any atom is -0.493 e. The highest BCUT2D eigenvalue weighted by atomic mass is 35.5. The lowest BCUT2D eigenvalue weighted by molar-refractivity contribution is -0.109. The molecular formula is C20H13ClN2O3. The predicted octanol–water partition coefficient (Wildman–Crippen LogP) is 3.66. The monoisotopic (exact) mass is 364 g/mol. The van der Waals surface area contributed by atoms with Crippen LogP contribution in [0.3, 0.4) is 0 Å². The number of ketones is 1. The first-order valence-corrected chi connectivity index (χ1v) is 8.26. The summed E-state index contributed by atoms with van der Waals surface area (Å²) in [7, 11) is 0. The van der Waals surface area contributed by atoms with Crippen LogP contribution in [0.1, 0.15) is 16.7 Å². The molecule has 0 atom stereocenters. The minimum absolute atomic E-state index is 0.0217. The molecular weight excluding hydrogens is 352 g/mol. The van der Waals surface area contributed by atoms with Crippen LogP contribution in [0.4, 0.5) is 0 Å². The molecule has 2 N–H and O–H groups in total. The quantitative estimate of drug-likeness (QED) is 0.681. The molecule has 0 radical (unpaired) electrons. The van der Waals surface area contributed by atoms with Crippen molar-refractivity contribution in [2.75, 3.05) is 0 Å². The van der Waals surface area contributed by atoms with Gasteiger partial charge < -0.3 is 5.11 Å². The van der Waals surface area contributed by atoms with Gasteiger partial charge in [-0.25, -0.2) is 4.68 Å². The van der Waals surface area contributed by atoms with Gasteiger partial charge in [0.15, 0.2) is 5.78 Å². The van der Waals surface area contributed by atoms with Crippen LogP contribution >= 0.6 is 11.6 Å². The number of carbonyl (C=O) groups excluding carboxylic acids is 1. The summed E-state index contributed by atoms with van der Waals surface area (Å²) in [6, 6.07) is 14.0. The molecule has 0 saturated carbocycles. The molecule has 6 heteroatoms. The van der Waals surface area contributed by atoms with Crippen LogP contribution < -0.4 is 5.56 Å². The third kappa shape index (κ3) is 2.68. The molecule has 5 nitrogen and oxygen atoms in total. The molecule has 2 aromatic carbocycles. The molecule has 26 heavy (non-hydrogen) atoms. The van der Waals surface area contributed by atoms with Crippen molar-refractivity contribution in [3.63, 3.8) is 0 Å². The molecule has 1 aliphatic rings. The van der Waals surface area contributed by atoms with Crippen molar-refractivity contribution in [1.82, 2.24) is 9.78 Å². The number of H-pyrrole nitrogens is 1. The van der Waals surface area contributed by atoms with Crippen LogP contribution in [0, 0.1) is 0 Å². The molecule has 0 aliphatic heterocycles. The first kappa shape index (κ1) is 16.2. The van der Waals surface area contributed by atoms with E-state index in [4.69, 9.17) is 11.6 Å². The maximum Gasteiger partial charge on any atom is 0.275 e. The van der Waals surface area contributed by atoms with Gasteiger partial charge in [0.1, 0.15) is 5.56 Å². The van der Waals surface area contributed by atoms with Gasteiger partial charge in [0, 0.05) is 10.6 Å². The number of aromatic hydroxyl groups is 1. The maximum atomic E-state index is 12.4. The van der Waals surface area contributed by atoms with Gasteiger partial charge in [-0.05, 0) is 47.5 Å². The topological polar surface area (TPSA) is 75.1 Å². The first-order chi connectivity index (χ1) is 12.5. The number of rotatable bonds is 2. The fourth-order valence-corrected chi connectivity index (χ4v) is 3.04. The Labute approximate surface area is 153 Å². The fraction of sp³-hybridized carbons (Fsp3) is 0. The molecule has 4 rings (SSSR count). The Balaban J connectivity index is 1.86. The van der Waals surface area contributed by atoms with Crippen LogP contribution in [0.25, 0.3) is 23.4 Å². The van der Waals surface area contributed by atoms with E-state index in [1.165, 1.54) is 16.8 Å². The van der Waals surface area contributed by atoms with Crippen LogP contribution in [-0.4, -0.2) is 20.7 Å². The van der Waals surface area contributed by atoms with E-state index in [0.717, 1.165) is 11.1 Å². The van der Waals surface area contributed by atoms with E-state index >= 15 is 0 Å². The standard InChI is InChI=1S/C20H13ClN2O3/c21-13-6-8-14(9-7-13)23-20(26)17(19(25)22-23)11-16-15-4-2-1-3-12(15)5-10-18(16)24/h1-11,26H,(H,22,25). The third-order valence-corrected chi connectivity index (χ3v) is 4.47. The van der Waals surface area contributed by atoms with E-state index < -0.39 is 5.56 Å². The smallest absolute Gasteiger partial charge is 0.275 e. The van der Waals surface area contributed by atoms with Gasteiger partial charge in [0.25, 0.3) is 5.56 Å². The normalized spacial score (nSPS) is 14.7. The van der Waals surface area contributed by atoms with Gasteiger partial charge >= 0.3 is 0 Å². The van der Waals surface area contributed by atoms with Crippen molar-refractivity contribution in [3.8, 4) is 11.6 Å². The number of benzene rings is 2. The second-order valence-corrected chi connectivity index (χ2v) is 6.27. The molecule has 0 spiro atoms. The van der Waals surface area contributed by atoms with Gasteiger partial charge in [0.2, 0.25) is 5.88 Å². The van der Waals surface area contributed by atoms with E-state index in [1.807, 2.05) is 24.3 Å². The number of allylic oxidation sites excluding steroid dienone is 2. The van der Waals surface area contributed by atoms with Gasteiger partial charge in [-0.1, -0.05) is 41.9 Å². The lowest BCUT2D eigenvalue weighted by atomic mass is 9.90. The second kappa shape index (κ2) is 6.20. The number of aromatic nitrogens is 2. The zero-order valence-corrected chi connectivity index (χ0v) is 14.2. The Kier molecular flexibility index (Phi) is 3.86. The van der Waals surface area contributed by atoms with Crippen LogP contribution in [0.2, 0.25) is 5.02 Å². The SMILES string of the molecule is O=C1C=Cc2ccccc2C1=Cc1c(O)n(-c2ccc(Cl)cc2)[nH]c1=O. The zero-order valence-electron chi connectivity index (χ0n) is 13.4. The van der Waals surface area contributed by atoms with Crippen molar-refractivity contribution in [1.29, 1.82) is 0 Å².